The second-order valence-electron chi connectivity index (χ2n) is 7.56. The van der Waals surface area contributed by atoms with Crippen LogP contribution in [0.2, 0.25) is 0 Å². The molecule has 5 fully saturated rings. The van der Waals surface area contributed by atoms with Crippen molar-refractivity contribution >= 4 is 0 Å². The Balaban J connectivity index is 1.94. The molecule has 0 aromatic carbocycles. The molecule has 2 saturated heterocycles. The van der Waals surface area contributed by atoms with Crippen LogP contribution in [0.5, 0.6) is 0 Å². The van der Waals surface area contributed by atoms with Crippen molar-refractivity contribution in [3.8, 4) is 0 Å². The first-order valence-electron chi connectivity index (χ1n) is 7.48. The number of fused-ring (bicyclic) bond motifs is 2. The molecule has 0 amide bonds. The molecule has 18 heavy (non-hydrogen) atoms. The van der Waals surface area contributed by atoms with E-state index in [1.165, 1.54) is 19.3 Å². The van der Waals surface area contributed by atoms with Crippen molar-refractivity contribution in [1.29, 1.82) is 0 Å². The normalized spacial score (nSPS) is 61.6. The van der Waals surface area contributed by atoms with E-state index in [4.69, 9.17) is 9.78 Å². The lowest BCUT2D eigenvalue weighted by molar-refractivity contribution is -0.446. The Bertz CT molecular complexity index is 429. The molecule has 2 aliphatic heterocycles. The van der Waals surface area contributed by atoms with Crippen LogP contribution >= 0.6 is 0 Å². The summed E-state index contributed by atoms with van der Waals surface area (Å²) < 4.78 is 0. The monoisotopic (exact) mass is 248 g/mol. The lowest BCUT2D eigenvalue weighted by Gasteiger charge is -2.58. The fourth-order valence-electron chi connectivity index (χ4n) is 5.67. The lowest BCUT2D eigenvalue weighted by atomic mass is 9.51. The summed E-state index contributed by atoms with van der Waals surface area (Å²) in [4.78, 5) is 11.9. The van der Waals surface area contributed by atoms with Gasteiger partial charge < -0.3 is 0 Å². The smallest absolute Gasteiger partial charge is 0.110 e. The first-order chi connectivity index (χ1) is 8.47. The predicted octanol–water partition coefficient (Wildman–Crippen LogP) is 3.72. The molecule has 2 heterocycles. The zero-order valence-corrected chi connectivity index (χ0v) is 11.9. The third-order valence-electron chi connectivity index (χ3n) is 7.12. The summed E-state index contributed by atoms with van der Waals surface area (Å²) in [6.07, 6.45) is 6.46. The minimum absolute atomic E-state index is 0.0855. The highest BCUT2D eigenvalue weighted by Crippen LogP contribution is 2.67. The van der Waals surface area contributed by atoms with E-state index in [2.05, 4.69) is 33.8 Å². The van der Waals surface area contributed by atoms with Crippen LogP contribution in [0.3, 0.4) is 0 Å². The van der Waals surface area contributed by atoms with Crippen LogP contribution in [0.1, 0.15) is 47.0 Å². The zero-order chi connectivity index (χ0) is 12.7. The molecule has 4 aliphatic carbocycles. The van der Waals surface area contributed by atoms with Gasteiger partial charge in [-0.15, -0.1) is 0 Å². The molecule has 0 aromatic rings. The number of hydrogen-bond acceptors (Lipinski definition) is 2. The summed E-state index contributed by atoms with van der Waals surface area (Å²) in [6.45, 7) is 9.48. The van der Waals surface area contributed by atoms with Crippen LogP contribution in [0.4, 0.5) is 0 Å². The summed E-state index contributed by atoms with van der Waals surface area (Å²) in [6, 6.07) is 0. The molecule has 6 rings (SSSR count). The number of hydrogen-bond donors (Lipinski definition) is 0. The van der Waals surface area contributed by atoms with Gasteiger partial charge in [-0.3, -0.25) is 0 Å². The molecular weight excluding hydrogens is 224 g/mol. The topological polar surface area (TPSA) is 18.5 Å². The Labute approximate surface area is 110 Å². The van der Waals surface area contributed by atoms with Crippen molar-refractivity contribution in [2.24, 2.45) is 29.1 Å². The van der Waals surface area contributed by atoms with Crippen LogP contribution in [-0.4, -0.2) is 11.7 Å². The molecule has 7 atom stereocenters. The molecule has 0 radical (unpaired) electrons. The van der Waals surface area contributed by atoms with Gasteiger partial charge in [0.15, 0.2) is 0 Å². The fourth-order valence-corrected chi connectivity index (χ4v) is 5.67. The first-order valence-corrected chi connectivity index (χ1v) is 7.48. The van der Waals surface area contributed by atoms with Crippen LogP contribution in [0, 0.1) is 29.1 Å². The van der Waals surface area contributed by atoms with Gasteiger partial charge in [-0.05, 0) is 50.9 Å². The van der Waals surface area contributed by atoms with Crippen LogP contribution < -0.4 is 0 Å². The Morgan fingerprint density at radius 1 is 1.33 bits per heavy atom. The van der Waals surface area contributed by atoms with Crippen molar-refractivity contribution in [3.63, 3.8) is 0 Å². The Morgan fingerprint density at radius 3 is 2.89 bits per heavy atom. The third kappa shape index (κ3) is 1.05. The highest BCUT2D eigenvalue weighted by Gasteiger charge is 2.68. The van der Waals surface area contributed by atoms with E-state index in [0.29, 0.717) is 17.9 Å². The average molecular weight is 248 g/mol. The van der Waals surface area contributed by atoms with E-state index < -0.39 is 0 Å². The molecule has 100 valence electrons. The second kappa shape index (κ2) is 3.21. The van der Waals surface area contributed by atoms with Gasteiger partial charge in [-0.2, -0.15) is 0 Å². The van der Waals surface area contributed by atoms with Crippen molar-refractivity contribution in [2.45, 2.75) is 58.7 Å². The number of rotatable bonds is 0. The van der Waals surface area contributed by atoms with E-state index in [0.717, 1.165) is 11.8 Å². The van der Waals surface area contributed by atoms with Gasteiger partial charge in [0.1, 0.15) is 11.7 Å². The third-order valence-corrected chi connectivity index (χ3v) is 7.12. The maximum absolute atomic E-state index is 6.03. The maximum atomic E-state index is 6.03. The van der Waals surface area contributed by atoms with Gasteiger partial charge in [0.25, 0.3) is 0 Å². The fraction of sp³-hybridized carbons (Fsp3) is 0.875. The van der Waals surface area contributed by atoms with E-state index in [-0.39, 0.29) is 11.0 Å². The average Bonchev–Trinajstić information content (AvgIpc) is 2.48. The number of allylic oxidation sites excluding steroid dienone is 1. The Hall–Kier alpha value is -0.340. The summed E-state index contributed by atoms with van der Waals surface area (Å²) in [5.74, 6) is 2.78. The van der Waals surface area contributed by atoms with Gasteiger partial charge in [-0.25, -0.2) is 9.78 Å². The summed E-state index contributed by atoms with van der Waals surface area (Å²) in [5.41, 5.74) is 1.75. The standard InChI is InChI=1S/C16H24O2/c1-9-5-6-12-11-7-10(2)15(3)8-13(14(9)11)17-18-16(12,15)4/h5,10-14H,6-8H2,1-4H3/t10-,11+,12+,13+,14-,15-,16+/m0/s1. The quantitative estimate of drug-likeness (QED) is 0.480. The molecule has 2 heteroatoms. The van der Waals surface area contributed by atoms with Crippen LogP contribution in [0.15, 0.2) is 11.6 Å². The van der Waals surface area contributed by atoms with Crippen molar-refractivity contribution in [3.05, 3.63) is 11.6 Å². The molecule has 2 nitrogen and oxygen atoms in total. The molecular formula is C16H24O2. The molecule has 0 spiro atoms. The van der Waals surface area contributed by atoms with Crippen molar-refractivity contribution < 1.29 is 9.78 Å². The maximum Gasteiger partial charge on any atom is 0.110 e. The van der Waals surface area contributed by atoms with Gasteiger partial charge >= 0.3 is 0 Å². The van der Waals surface area contributed by atoms with E-state index in [1.807, 2.05) is 0 Å². The second-order valence-corrected chi connectivity index (χ2v) is 7.56. The SMILES string of the molecule is CC1=CC[C@@H]2[C@H]3C[C@H](C)[C@]4(C)C[C@@H](OO[C@]24C)[C@@H]13. The van der Waals surface area contributed by atoms with Crippen LogP contribution in [0.25, 0.3) is 0 Å². The largest absolute Gasteiger partial charge is 0.232 e. The summed E-state index contributed by atoms with van der Waals surface area (Å²) in [7, 11) is 0. The molecule has 6 aliphatic rings. The summed E-state index contributed by atoms with van der Waals surface area (Å²) >= 11 is 0. The predicted molar refractivity (Wildman–Crippen MR) is 69.7 cm³/mol. The molecule has 0 aromatic heterocycles. The minimum Gasteiger partial charge on any atom is -0.232 e. The van der Waals surface area contributed by atoms with Gasteiger partial charge in [0.2, 0.25) is 0 Å². The van der Waals surface area contributed by atoms with E-state index in [9.17, 15) is 0 Å². The van der Waals surface area contributed by atoms with Crippen molar-refractivity contribution in [1.82, 2.24) is 0 Å². The van der Waals surface area contributed by atoms with Gasteiger partial charge in [-0.1, -0.05) is 25.5 Å². The highest BCUT2D eigenvalue weighted by atomic mass is 17.2. The van der Waals surface area contributed by atoms with E-state index >= 15 is 0 Å². The lowest BCUT2D eigenvalue weighted by Crippen LogP contribution is -2.61. The van der Waals surface area contributed by atoms with E-state index in [1.54, 1.807) is 5.57 Å². The zero-order valence-electron chi connectivity index (χ0n) is 11.9. The molecule has 0 unspecified atom stereocenters. The van der Waals surface area contributed by atoms with Gasteiger partial charge in [0, 0.05) is 11.3 Å². The highest BCUT2D eigenvalue weighted by molar-refractivity contribution is 5.24. The molecule has 3 saturated carbocycles. The molecule has 0 N–H and O–H groups in total. The first kappa shape index (κ1) is 11.5. The Kier molecular flexibility index (Phi) is 2.05. The Morgan fingerprint density at radius 2 is 2.11 bits per heavy atom. The van der Waals surface area contributed by atoms with Gasteiger partial charge in [0.05, 0.1) is 0 Å². The summed E-state index contributed by atoms with van der Waals surface area (Å²) in [5, 5.41) is 0. The van der Waals surface area contributed by atoms with Crippen molar-refractivity contribution in [2.75, 3.05) is 0 Å². The van der Waals surface area contributed by atoms with Crippen LogP contribution in [-0.2, 0) is 9.78 Å². The minimum atomic E-state index is -0.0855. The molecule has 6 bridgehead atoms.